The number of fused-ring (bicyclic) bond motifs is 2. The number of carbonyl (C=O) groups is 1. The predicted octanol–water partition coefficient (Wildman–Crippen LogP) is 4.83. The van der Waals surface area contributed by atoms with E-state index in [4.69, 9.17) is 16.3 Å². The van der Waals surface area contributed by atoms with Crippen molar-refractivity contribution >= 4 is 49.8 Å². The summed E-state index contributed by atoms with van der Waals surface area (Å²) in [4.78, 5) is 17.9. The quantitative estimate of drug-likeness (QED) is 0.473. The van der Waals surface area contributed by atoms with E-state index in [2.05, 4.69) is 17.1 Å². The van der Waals surface area contributed by atoms with Crippen molar-refractivity contribution in [3.05, 3.63) is 76.1 Å². The van der Waals surface area contributed by atoms with Gasteiger partial charge in [-0.3, -0.25) is 4.79 Å². The molecule has 6 heteroatoms. The first kappa shape index (κ1) is 18.9. The number of carbonyl (C=O) groups excluding carboxylic acids is 1. The fraction of sp³-hybridized carbons (Fsp3) is 0.182. The van der Waals surface area contributed by atoms with Crippen LogP contribution in [0.3, 0.4) is 0 Å². The summed E-state index contributed by atoms with van der Waals surface area (Å²) in [6.45, 7) is 1.16. The van der Waals surface area contributed by atoms with E-state index in [1.807, 2.05) is 53.1 Å². The van der Waals surface area contributed by atoms with Gasteiger partial charge in [0.25, 0.3) is 5.91 Å². The molecule has 0 unspecified atom stereocenters. The number of aromatic nitrogens is 1. The number of benzene rings is 3. The predicted molar refractivity (Wildman–Crippen MR) is 115 cm³/mol. The number of halogens is 1. The molecule has 0 saturated heterocycles. The topological polar surface area (TPSA) is 43.6 Å². The van der Waals surface area contributed by atoms with Gasteiger partial charge in [0.1, 0.15) is 0 Å². The van der Waals surface area contributed by atoms with Crippen LogP contribution in [0, 0.1) is 0 Å². The summed E-state index contributed by atoms with van der Waals surface area (Å²) in [6, 6.07) is 19.8. The summed E-state index contributed by atoms with van der Waals surface area (Å²) in [5.41, 5.74) is 1.99. The van der Waals surface area contributed by atoms with Crippen LogP contribution in [-0.2, 0) is 22.5 Å². The lowest BCUT2D eigenvalue weighted by Crippen LogP contribution is -2.19. The van der Waals surface area contributed by atoms with Gasteiger partial charge in [-0.25, -0.2) is 0 Å². The Hall–Kier alpha value is -2.47. The monoisotopic (exact) mass is 410 g/mol. The van der Waals surface area contributed by atoms with Crippen LogP contribution in [0.25, 0.3) is 21.0 Å². The molecule has 1 aromatic heterocycles. The molecular weight excluding hydrogens is 392 g/mol. The lowest BCUT2D eigenvalue weighted by Gasteiger charge is -2.05. The average molecular weight is 411 g/mol. The summed E-state index contributed by atoms with van der Waals surface area (Å²) in [7, 11) is 1.66. The van der Waals surface area contributed by atoms with Crippen LogP contribution in [0.4, 0.5) is 0 Å². The van der Waals surface area contributed by atoms with Gasteiger partial charge in [-0.2, -0.15) is 4.99 Å². The smallest absolute Gasteiger partial charge is 0.252 e. The van der Waals surface area contributed by atoms with Crippen molar-refractivity contribution in [3.63, 3.8) is 0 Å². The van der Waals surface area contributed by atoms with E-state index in [1.165, 1.54) is 11.3 Å². The van der Waals surface area contributed by atoms with Gasteiger partial charge >= 0.3 is 0 Å². The van der Waals surface area contributed by atoms with E-state index >= 15 is 0 Å². The molecule has 4 aromatic rings. The first-order valence-electron chi connectivity index (χ1n) is 8.98. The zero-order valence-electron chi connectivity index (χ0n) is 15.4. The van der Waals surface area contributed by atoms with Crippen LogP contribution in [0.1, 0.15) is 5.56 Å². The Bertz CT molecular complexity index is 1220. The van der Waals surface area contributed by atoms with Gasteiger partial charge in [0.15, 0.2) is 4.80 Å². The second kappa shape index (κ2) is 8.27. The first-order chi connectivity index (χ1) is 13.7. The molecule has 0 atom stereocenters. The summed E-state index contributed by atoms with van der Waals surface area (Å²) < 4.78 is 8.24. The Morgan fingerprint density at radius 2 is 1.96 bits per heavy atom. The standard InChI is InChI=1S/C22H19ClN2O2S/c1-27-12-11-25-19-10-9-17(23)14-20(19)28-22(25)24-21(26)13-16-7-4-6-15-5-2-3-8-18(15)16/h2-10,14H,11-13H2,1H3. The number of methoxy groups -OCH3 is 1. The molecule has 0 N–H and O–H groups in total. The molecule has 0 spiro atoms. The van der Waals surface area contributed by atoms with E-state index in [0.29, 0.717) is 23.0 Å². The van der Waals surface area contributed by atoms with Crippen molar-refractivity contribution in [2.24, 2.45) is 4.99 Å². The van der Waals surface area contributed by atoms with Gasteiger partial charge < -0.3 is 9.30 Å². The number of hydrogen-bond acceptors (Lipinski definition) is 3. The van der Waals surface area contributed by atoms with Crippen molar-refractivity contribution in [2.45, 2.75) is 13.0 Å². The minimum atomic E-state index is -0.167. The lowest BCUT2D eigenvalue weighted by molar-refractivity contribution is -0.117. The van der Waals surface area contributed by atoms with Crippen molar-refractivity contribution < 1.29 is 9.53 Å². The number of amides is 1. The molecule has 28 heavy (non-hydrogen) atoms. The molecule has 0 aliphatic heterocycles. The molecule has 3 aromatic carbocycles. The van der Waals surface area contributed by atoms with Crippen LogP contribution < -0.4 is 4.80 Å². The minimum absolute atomic E-state index is 0.167. The number of rotatable bonds is 5. The van der Waals surface area contributed by atoms with Crippen molar-refractivity contribution in [3.8, 4) is 0 Å². The number of thiazole rings is 1. The summed E-state index contributed by atoms with van der Waals surface area (Å²) in [6.07, 6.45) is 0.265. The molecule has 4 rings (SSSR count). The highest BCUT2D eigenvalue weighted by Gasteiger charge is 2.10. The molecule has 4 nitrogen and oxygen atoms in total. The van der Waals surface area contributed by atoms with Crippen LogP contribution in [0.15, 0.2) is 65.7 Å². The highest BCUT2D eigenvalue weighted by Crippen LogP contribution is 2.22. The van der Waals surface area contributed by atoms with E-state index in [0.717, 1.165) is 26.6 Å². The molecule has 1 heterocycles. The molecule has 0 fully saturated rings. The molecule has 142 valence electrons. The Morgan fingerprint density at radius 1 is 1.14 bits per heavy atom. The summed E-state index contributed by atoms with van der Waals surface area (Å²) >= 11 is 7.59. The normalized spacial score (nSPS) is 12.1. The van der Waals surface area contributed by atoms with Crippen molar-refractivity contribution in [1.29, 1.82) is 0 Å². The number of hydrogen-bond donors (Lipinski definition) is 0. The highest BCUT2D eigenvalue weighted by atomic mass is 35.5. The molecule has 0 radical (unpaired) electrons. The highest BCUT2D eigenvalue weighted by molar-refractivity contribution is 7.16. The van der Waals surface area contributed by atoms with E-state index in [1.54, 1.807) is 7.11 Å². The van der Waals surface area contributed by atoms with Gasteiger partial charge in [-0.1, -0.05) is 65.4 Å². The van der Waals surface area contributed by atoms with E-state index in [9.17, 15) is 4.79 Å². The zero-order chi connectivity index (χ0) is 19.5. The second-order valence-electron chi connectivity index (χ2n) is 6.46. The minimum Gasteiger partial charge on any atom is -0.383 e. The van der Waals surface area contributed by atoms with Gasteiger partial charge in [0.2, 0.25) is 0 Å². The molecule has 0 bridgehead atoms. The number of ether oxygens (including phenoxy) is 1. The summed E-state index contributed by atoms with van der Waals surface area (Å²) in [5, 5.41) is 2.88. The third-order valence-electron chi connectivity index (χ3n) is 4.61. The summed E-state index contributed by atoms with van der Waals surface area (Å²) in [5.74, 6) is -0.167. The van der Waals surface area contributed by atoms with E-state index in [-0.39, 0.29) is 12.3 Å². The largest absolute Gasteiger partial charge is 0.383 e. The van der Waals surface area contributed by atoms with Gasteiger partial charge in [-0.15, -0.1) is 0 Å². The average Bonchev–Trinajstić information content (AvgIpc) is 3.02. The fourth-order valence-electron chi connectivity index (χ4n) is 3.29. The van der Waals surface area contributed by atoms with Crippen molar-refractivity contribution in [1.82, 2.24) is 4.57 Å². The molecule has 0 aliphatic carbocycles. The van der Waals surface area contributed by atoms with Crippen LogP contribution in [0.2, 0.25) is 5.02 Å². The number of nitrogens with zero attached hydrogens (tertiary/aromatic N) is 2. The Kier molecular flexibility index (Phi) is 5.57. The molecule has 0 aliphatic rings. The molecular formula is C22H19ClN2O2S. The van der Waals surface area contributed by atoms with Gasteiger partial charge in [0, 0.05) is 18.7 Å². The second-order valence-corrected chi connectivity index (χ2v) is 7.91. The van der Waals surface area contributed by atoms with Crippen LogP contribution >= 0.6 is 22.9 Å². The lowest BCUT2D eigenvalue weighted by atomic mass is 10.0. The maximum atomic E-state index is 12.8. The maximum Gasteiger partial charge on any atom is 0.252 e. The fourth-order valence-corrected chi connectivity index (χ4v) is 4.64. The van der Waals surface area contributed by atoms with Crippen LogP contribution in [-0.4, -0.2) is 24.2 Å². The molecule has 0 saturated carbocycles. The van der Waals surface area contributed by atoms with Gasteiger partial charge in [-0.05, 0) is 34.5 Å². The Balaban J connectivity index is 1.73. The first-order valence-corrected chi connectivity index (χ1v) is 10.2. The third kappa shape index (κ3) is 3.87. The molecule has 1 amide bonds. The van der Waals surface area contributed by atoms with E-state index < -0.39 is 0 Å². The SMILES string of the molecule is COCCn1c(=NC(=O)Cc2cccc3ccccc23)sc2cc(Cl)ccc21. The third-order valence-corrected chi connectivity index (χ3v) is 5.88. The Labute approximate surface area is 171 Å². The van der Waals surface area contributed by atoms with Crippen molar-refractivity contribution in [2.75, 3.05) is 13.7 Å². The zero-order valence-corrected chi connectivity index (χ0v) is 17.0. The Morgan fingerprint density at radius 3 is 2.82 bits per heavy atom. The van der Waals surface area contributed by atoms with Gasteiger partial charge in [0.05, 0.1) is 23.2 Å². The maximum absolute atomic E-state index is 12.8. The van der Waals surface area contributed by atoms with Crippen LogP contribution in [0.5, 0.6) is 0 Å².